The van der Waals surface area contributed by atoms with Crippen molar-refractivity contribution >= 4 is 15.9 Å². The third kappa shape index (κ3) is 4.63. The van der Waals surface area contributed by atoms with E-state index in [-0.39, 0.29) is 11.8 Å². The first-order valence-corrected chi connectivity index (χ1v) is 7.88. The number of carbonyl (C=O) groups excluding carboxylic acids is 1. The average molecular weight is 262 g/mol. The maximum absolute atomic E-state index is 11.8. The summed E-state index contributed by atoms with van der Waals surface area (Å²) >= 11 is 0. The molecule has 1 atom stereocenters. The Kier molecular flexibility index (Phi) is 4.94. The Bertz CT molecular complexity index is 365. The number of hydrogen-bond donors (Lipinski definition) is 1. The van der Waals surface area contributed by atoms with E-state index in [9.17, 15) is 13.2 Å². The zero-order valence-corrected chi connectivity index (χ0v) is 11.6. The van der Waals surface area contributed by atoms with Gasteiger partial charge >= 0.3 is 0 Å². The highest BCUT2D eigenvalue weighted by molar-refractivity contribution is 7.88. The summed E-state index contributed by atoms with van der Waals surface area (Å²) in [7, 11) is -3.17. The van der Waals surface area contributed by atoms with Gasteiger partial charge in [0.05, 0.1) is 12.2 Å². The fourth-order valence-electron chi connectivity index (χ4n) is 1.91. The fourth-order valence-corrected chi connectivity index (χ4v) is 2.82. The van der Waals surface area contributed by atoms with Gasteiger partial charge in [-0.15, -0.1) is 0 Å². The average Bonchev–Trinajstić information content (AvgIpc) is 2.25. The second-order valence-corrected chi connectivity index (χ2v) is 7.08. The van der Waals surface area contributed by atoms with Crippen LogP contribution in [0.3, 0.4) is 0 Å². The van der Waals surface area contributed by atoms with Crippen molar-refractivity contribution in [2.24, 2.45) is 11.8 Å². The van der Waals surface area contributed by atoms with Gasteiger partial charge in [0.1, 0.15) is 0 Å². The van der Waals surface area contributed by atoms with Gasteiger partial charge in [-0.3, -0.25) is 4.79 Å². The van der Waals surface area contributed by atoms with Crippen LogP contribution in [0, 0.1) is 11.8 Å². The normalized spacial score (nSPS) is 22.7. The number of sulfonamides is 1. The van der Waals surface area contributed by atoms with E-state index in [1.54, 1.807) is 0 Å². The molecule has 5 nitrogen and oxygen atoms in total. The van der Waals surface area contributed by atoms with Crippen molar-refractivity contribution in [3.05, 3.63) is 0 Å². The van der Waals surface area contributed by atoms with Crippen LogP contribution < -0.4 is 5.32 Å². The monoisotopic (exact) mass is 262 g/mol. The molecule has 0 saturated carbocycles. The first kappa shape index (κ1) is 14.4. The Morgan fingerprint density at radius 1 is 1.47 bits per heavy atom. The molecule has 0 bridgehead atoms. The van der Waals surface area contributed by atoms with Crippen LogP contribution in [-0.4, -0.2) is 44.5 Å². The van der Waals surface area contributed by atoms with Gasteiger partial charge in [0.2, 0.25) is 15.9 Å². The third-order valence-corrected chi connectivity index (χ3v) is 4.18. The molecule has 100 valence electrons. The van der Waals surface area contributed by atoms with E-state index < -0.39 is 10.0 Å². The maximum Gasteiger partial charge on any atom is 0.224 e. The van der Waals surface area contributed by atoms with Crippen LogP contribution in [0.2, 0.25) is 0 Å². The topological polar surface area (TPSA) is 66.5 Å². The molecule has 1 amide bonds. The second-order valence-electron chi connectivity index (χ2n) is 5.10. The predicted octanol–water partition coefficient (Wildman–Crippen LogP) is 0.430. The van der Waals surface area contributed by atoms with Crippen LogP contribution in [0.15, 0.2) is 0 Å². The molecule has 6 heteroatoms. The lowest BCUT2D eigenvalue weighted by atomic mass is 9.98. The third-order valence-electron chi connectivity index (χ3n) is 2.91. The highest BCUT2D eigenvalue weighted by Crippen LogP contribution is 2.18. The van der Waals surface area contributed by atoms with Gasteiger partial charge in [-0.25, -0.2) is 12.7 Å². The molecule has 0 aliphatic carbocycles. The van der Waals surface area contributed by atoms with Crippen molar-refractivity contribution < 1.29 is 13.2 Å². The van der Waals surface area contributed by atoms with Crippen molar-refractivity contribution in [2.45, 2.75) is 26.7 Å². The minimum Gasteiger partial charge on any atom is -0.356 e. The number of carbonyl (C=O) groups is 1. The summed E-state index contributed by atoms with van der Waals surface area (Å²) in [6, 6.07) is 0. The van der Waals surface area contributed by atoms with E-state index in [1.807, 2.05) is 13.8 Å². The Balaban J connectivity index is 2.52. The Hall–Kier alpha value is -0.620. The minimum atomic E-state index is -3.17. The van der Waals surface area contributed by atoms with Crippen molar-refractivity contribution in [2.75, 3.05) is 25.9 Å². The van der Waals surface area contributed by atoms with E-state index in [2.05, 4.69) is 5.32 Å². The number of nitrogens with zero attached hydrogens (tertiary/aromatic N) is 1. The van der Waals surface area contributed by atoms with E-state index in [1.165, 1.54) is 10.6 Å². The number of piperidine rings is 1. The van der Waals surface area contributed by atoms with E-state index in [0.717, 1.165) is 12.8 Å². The number of rotatable bonds is 4. The molecule has 0 aromatic carbocycles. The first-order chi connectivity index (χ1) is 7.80. The van der Waals surface area contributed by atoms with E-state index >= 15 is 0 Å². The lowest BCUT2D eigenvalue weighted by molar-refractivity contribution is -0.126. The van der Waals surface area contributed by atoms with Gasteiger partial charge in [0.25, 0.3) is 0 Å². The van der Waals surface area contributed by atoms with Gasteiger partial charge in [0, 0.05) is 19.6 Å². The van der Waals surface area contributed by atoms with E-state index in [4.69, 9.17) is 0 Å². The van der Waals surface area contributed by atoms with Crippen molar-refractivity contribution in [3.8, 4) is 0 Å². The number of amides is 1. The van der Waals surface area contributed by atoms with Crippen molar-refractivity contribution in [3.63, 3.8) is 0 Å². The van der Waals surface area contributed by atoms with Gasteiger partial charge < -0.3 is 5.32 Å². The van der Waals surface area contributed by atoms with Gasteiger partial charge in [-0.1, -0.05) is 13.8 Å². The summed E-state index contributed by atoms with van der Waals surface area (Å²) in [5, 5.41) is 2.86. The summed E-state index contributed by atoms with van der Waals surface area (Å²) in [5.74, 6) is 0.192. The lowest BCUT2D eigenvalue weighted by Crippen LogP contribution is -2.45. The molecule has 1 heterocycles. The molecule has 17 heavy (non-hydrogen) atoms. The molecule has 1 fully saturated rings. The zero-order valence-electron chi connectivity index (χ0n) is 10.8. The first-order valence-electron chi connectivity index (χ1n) is 6.03. The van der Waals surface area contributed by atoms with Crippen LogP contribution in [0.4, 0.5) is 0 Å². The molecule has 1 N–H and O–H groups in total. The standard InChI is InChI=1S/C11H22N2O3S/c1-9(2)7-12-11(14)10-5-4-6-13(8-10)17(3,15)16/h9-10H,4-8H2,1-3H3,(H,12,14)/t10-/m0/s1. The molecule has 0 aromatic heterocycles. The summed E-state index contributed by atoms with van der Waals surface area (Å²) in [5.41, 5.74) is 0. The van der Waals surface area contributed by atoms with Crippen molar-refractivity contribution in [1.29, 1.82) is 0 Å². The summed E-state index contributed by atoms with van der Waals surface area (Å²) in [6.07, 6.45) is 2.73. The molecule has 1 saturated heterocycles. The maximum atomic E-state index is 11.8. The Labute approximate surface area is 104 Å². The molecule has 0 aromatic rings. The Morgan fingerprint density at radius 3 is 2.65 bits per heavy atom. The molecule has 1 rings (SSSR count). The van der Waals surface area contributed by atoms with Crippen molar-refractivity contribution in [1.82, 2.24) is 9.62 Å². The molecule has 0 unspecified atom stereocenters. The van der Waals surface area contributed by atoms with Gasteiger partial charge in [-0.2, -0.15) is 0 Å². The Morgan fingerprint density at radius 2 is 2.12 bits per heavy atom. The predicted molar refractivity (Wildman–Crippen MR) is 67.0 cm³/mol. The summed E-state index contributed by atoms with van der Waals surface area (Å²) in [4.78, 5) is 11.8. The molecule has 1 aliphatic heterocycles. The zero-order chi connectivity index (χ0) is 13.1. The molecular weight excluding hydrogens is 240 g/mol. The van der Waals surface area contributed by atoms with Gasteiger partial charge in [-0.05, 0) is 18.8 Å². The van der Waals surface area contributed by atoms with Gasteiger partial charge in [0.15, 0.2) is 0 Å². The highest BCUT2D eigenvalue weighted by Gasteiger charge is 2.29. The summed E-state index contributed by atoms with van der Waals surface area (Å²) in [6.45, 7) is 5.57. The van der Waals surface area contributed by atoms with Crippen LogP contribution in [-0.2, 0) is 14.8 Å². The molecule has 1 aliphatic rings. The second kappa shape index (κ2) is 5.82. The smallest absolute Gasteiger partial charge is 0.224 e. The largest absolute Gasteiger partial charge is 0.356 e. The van der Waals surface area contributed by atoms with Crippen LogP contribution >= 0.6 is 0 Å². The molecule has 0 radical (unpaired) electrons. The lowest BCUT2D eigenvalue weighted by Gasteiger charge is -2.30. The molecule has 0 spiro atoms. The van der Waals surface area contributed by atoms with Crippen LogP contribution in [0.25, 0.3) is 0 Å². The number of hydrogen-bond acceptors (Lipinski definition) is 3. The molecular formula is C11H22N2O3S. The summed E-state index contributed by atoms with van der Waals surface area (Å²) < 4.78 is 24.2. The highest BCUT2D eigenvalue weighted by atomic mass is 32.2. The van der Waals surface area contributed by atoms with Crippen LogP contribution in [0.1, 0.15) is 26.7 Å². The SMILES string of the molecule is CC(C)CNC(=O)[C@H]1CCCN(S(C)(=O)=O)C1. The number of nitrogens with one attached hydrogen (secondary N) is 1. The minimum absolute atomic E-state index is 0.0212. The van der Waals surface area contributed by atoms with Crippen LogP contribution in [0.5, 0.6) is 0 Å². The van der Waals surface area contributed by atoms with E-state index in [0.29, 0.717) is 25.6 Å². The quantitative estimate of drug-likeness (QED) is 0.799. The fraction of sp³-hybridized carbons (Fsp3) is 0.909.